The second-order valence-corrected chi connectivity index (χ2v) is 7.88. The van der Waals surface area contributed by atoms with Gasteiger partial charge in [0.2, 0.25) is 5.76 Å². The van der Waals surface area contributed by atoms with Crippen molar-refractivity contribution < 1.29 is 33.0 Å². The molecule has 0 saturated carbocycles. The number of esters is 1. The van der Waals surface area contributed by atoms with Crippen LogP contribution in [-0.2, 0) is 20.8 Å². The number of ether oxygens (including phenoxy) is 4. The minimum atomic E-state index is -0.737. The fourth-order valence-corrected chi connectivity index (χ4v) is 3.76. The number of carbonyl (C=O) groups is 2. The summed E-state index contributed by atoms with van der Waals surface area (Å²) in [5.74, 6) is 0.411. The first-order valence-corrected chi connectivity index (χ1v) is 11.9. The van der Waals surface area contributed by atoms with E-state index < -0.39 is 18.5 Å². The first-order valence-electron chi connectivity index (χ1n) is 11.9. The normalized spacial score (nSPS) is 13.3. The predicted octanol–water partition coefficient (Wildman–Crippen LogP) is 2.95. The number of rotatable bonds is 11. The van der Waals surface area contributed by atoms with Gasteiger partial charge >= 0.3 is 5.97 Å². The van der Waals surface area contributed by atoms with E-state index in [1.54, 1.807) is 35.3 Å². The molecule has 3 aromatic rings. The highest BCUT2D eigenvalue weighted by Crippen LogP contribution is 2.39. The Morgan fingerprint density at radius 1 is 1.08 bits per heavy atom. The Kier molecular flexibility index (Phi) is 8.45. The quantitative estimate of drug-likeness (QED) is 0.398. The van der Waals surface area contributed by atoms with Gasteiger partial charge in [-0.25, -0.2) is 4.79 Å². The maximum Gasteiger partial charge on any atom is 0.374 e. The molecule has 2 aromatic heterocycles. The van der Waals surface area contributed by atoms with Crippen LogP contribution in [0.1, 0.15) is 30.2 Å². The number of hydrogen-bond donors (Lipinski definition) is 1. The van der Waals surface area contributed by atoms with E-state index in [4.69, 9.17) is 23.4 Å². The lowest BCUT2D eigenvalue weighted by Gasteiger charge is -2.31. The van der Waals surface area contributed by atoms with Gasteiger partial charge in [0.15, 0.2) is 6.61 Å². The molecule has 1 aliphatic heterocycles. The Bertz CT molecular complexity index is 1150. The van der Waals surface area contributed by atoms with Crippen molar-refractivity contribution >= 4 is 23.3 Å². The van der Waals surface area contributed by atoms with Gasteiger partial charge in [-0.2, -0.15) is 5.10 Å². The second-order valence-electron chi connectivity index (χ2n) is 7.88. The molecule has 11 nitrogen and oxygen atoms in total. The van der Waals surface area contributed by atoms with Crippen molar-refractivity contribution in [3.63, 3.8) is 0 Å². The largest absolute Gasteiger partial charge is 0.492 e. The van der Waals surface area contributed by atoms with Gasteiger partial charge in [-0.15, -0.1) is 0 Å². The van der Waals surface area contributed by atoms with Crippen molar-refractivity contribution in [2.75, 3.05) is 56.3 Å². The average molecular weight is 499 g/mol. The molecule has 4 rings (SSSR count). The number of hydrogen-bond acceptors (Lipinski definition) is 9. The van der Waals surface area contributed by atoms with Crippen molar-refractivity contribution in [3.8, 4) is 11.5 Å². The zero-order chi connectivity index (χ0) is 25.3. The monoisotopic (exact) mass is 498 g/mol. The Morgan fingerprint density at radius 3 is 2.58 bits per heavy atom. The summed E-state index contributed by atoms with van der Waals surface area (Å²) in [6, 6.07) is 8.54. The Morgan fingerprint density at radius 2 is 1.86 bits per heavy atom. The zero-order valence-corrected chi connectivity index (χ0v) is 20.4. The highest BCUT2D eigenvalue weighted by atomic mass is 16.5. The molecule has 1 amide bonds. The van der Waals surface area contributed by atoms with E-state index in [1.165, 1.54) is 6.07 Å². The van der Waals surface area contributed by atoms with Crippen LogP contribution in [0, 0.1) is 0 Å². The molecule has 0 bridgehead atoms. The van der Waals surface area contributed by atoms with E-state index in [-0.39, 0.29) is 5.76 Å². The van der Waals surface area contributed by atoms with Gasteiger partial charge in [-0.05, 0) is 32.0 Å². The zero-order valence-electron chi connectivity index (χ0n) is 20.4. The maximum absolute atomic E-state index is 12.6. The van der Waals surface area contributed by atoms with Crippen LogP contribution in [0.15, 0.2) is 47.1 Å². The number of nitrogens with one attached hydrogen (secondary N) is 1. The smallest absolute Gasteiger partial charge is 0.374 e. The third-order valence-corrected chi connectivity index (χ3v) is 5.36. The fourth-order valence-electron chi connectivity index (χ4n) is 3.76. The summed E-state index contributed by atoms with van der Waals surface area (Å²) in [6.45, 7) is 7.22. The van der Waals surface area contributed by atoms with Crippen LogP contribution in [0.2, 0.25) is 0 Å². The molecule has 3 heterocycles. The molecule has 1 aromatic carbocycles. The van der Waals surface area contributed by atoms with Crippen LogP contribution in [0.4, 0.5) is 11.4 Å². The van der Waals surface area contributed by atoms with Gasteiger partial charge in [-0.1, -0.05) is 0 Å². The van der Waals surface area contributed by atoms with Crippen molar-refractivity contribution in [1.82, 2.24) is 9.78 Å². The summed E-state index contributed by atoms with van der Waals surface area (Å²) in [4.78, 5) is 27.2. The molecule has 1 fully saturated rings. The number of amides is 1. The van der Waals surface area contributed by atoms with E-state index in [9.17, 15) is 9.59 Å². The average Bonchev–Trinajstić information content (AvgIpc) is 3.57. The Balaban J connectivity index is 1.40. The lowest BCUT2D eigenvalue weighted by atomic mass is 10.2. The minimum absolute atomic E-state index is 0.00783. The molecule has 1 aliphatic rings. The maximum atomic E-state index is 12.6. The number of anilines is 2. The van der Waals surface area contributed by atoms with Gasteiger partial charge < -0.3 is 33.6 Å². The highest BCUT2D eigenvalue weighted by molar-refractivity contribution is 5.96. The number of benzene rings is 1. The molecule has 0 aliphatic carbocycles. The molecule has 192 valence electrons. The van der Waals surface area contributed by atoms with Crippen LogP contribution < -0.4 is 19.7 Å². The van der Waals surface area contributed by atoms with Crippen molar-refractivity contribution in [2.45, 2.75) is 20.4 Å². The van der Waals surface area contributed by atoms with Gasteiger partial charge in [0, 0.05) is 37.6 Å². The number of aromatic nitrogens is 2. The van der Waals surface area contributed by atoms with E-state index in [2.05, 4.69) is 15.3 Å². The van der Waals surface area contributed by atoms with Crippen LogP contribution in [0.5, 0.6) is 11.5 Å². The van der Waals surface area contributed by atoms with Crippen LogP contribution in [-0.4, -0.2) is 67.8 Å². The predicted molar refractivity (Wildman–Crippen MR) is 131 cm³/mol. The van der Waals surface area contributed by atoms with E-state index in [1.807, 2.05) is 19.9 Å². The summed E-state index contributed by atoms with van der Waals surface area (Å²) < 4.78 is 29.4. The number of furan rings is 1. The Hall–Kier alpha value is -3.99. The number of morpholine rings is 1. The summed E-state index contributed by atoms with van der Waals surface area (Å²) >= 11 is 0. The van der Waals surface area contributed by atoms with Crippen molar-refractivity contribution in [1.29, 1.82) is 0 Å². The van der Waals surface area contributed by atoms with Crippen LogP contribution >= 0.6 is 0 Å². The van der Waals surface area contributed by atoms with Crippen molar-refractivity contribution in [2.24, 2.45) is 0 Å². The summed E-state index contributed by atoms with van der Waals surface area (Å²) in [5, 5.41) is 6.85. The van der Waals surface area contributed by atoms with Crippen LogP contribution in [0.25, 0.3) is 0 Å². The topological polar surface area (TPSA) is 117 Å². The van der Waals surface area contributed by atoms with E-state index >= 15 is 0 Å². The summed E-state index contributed by atoms with van der Waals surface area (Å²) in [6.07, 6.45) is 3.44. The third-order valence-electron chi connectivity index (χ3n) is 5.36. The first kappa shape index (κ1) is 25.1. The Labute approximate surface area is 208 Å². The van der Waals surface area contributed by atoms with Gasteiger partial charge in [0.25, 0.3) is 5.91 Å². The second kappa shape index (κ2) is 12.1. The lowest BCUT2D eigenvalue weighted by molar-refractivity contribution is -0.119. The first-order chi connectivity index (χ1) is 17.6. The van der Waals surface area contributed by atoms with Gasteiger partial charge in [-0.3, -0.25) is 9.48 Å². The van der Waals surface area contributed by atoms with Crippen LogP contribution in [0.3, 0.4) is 0 Å². The minimum Gasteiger partial charge on any atom is -0.492 e. The summed E-state index contributed by atoms with van der Waals surface area (Å²) in [5.41, 5.74) is 1.30. The molecule has 11 heteroatoms. The molecular formula is C25H30N4O7. The van der Waals surface area contributed by atoms with E-state index in [0.29, 0.717) is 55.9 Å². The molecule has 36 heavy (non-hydrogen) atoms. The molecule has 1 N–H and O–H groups in total. The van der Waals surface area contributed by atoms with E-state index in [0.717, 1.165) is 18.8 Å². The standard InChI is InChI=1S/C25H30N4O7/c1-3-33-22-15-20(28-10-12-32-13-11-28)23(34-4-2)14-19(22)27-24(30)17-35-25(31)21-7-6-18(36-21)16-29-9-5-8-26-29/h5-9,14-15H,3-4,10-13,16-17H2,1-2H3,(H,27,30). The lowest BCUT2D eigenvalue weighted by Crippen LogP contribution is -2.36. The van der Waals surface area contributed by atoms with Gasteiger partial charge in [0.1, 0.15) is 17.3 Å². The molecule has 0 radical (unpaired) electrons. The fraction of sp³-hybridized carbons (Fsp3) is 0.400. The SMILES string of the molecule is CCOc1cc(N2CCOCC2)c(OCC)cc1NC(=O)COC(=O)c1ccc(Cn2cccn2)o1. The summed E-state index contributed by atoms with van der Waals surface area (Å²) in [7, 11) is 0. The molecular weight excluding hydrogens is 468 g/mol. The highest BCUT2D eigenvalue weighted by Gasteiger charge is 2.21. The van der Waals surface area contributed by atoms with Gasteiger partial charge in [0.05, 0.1) is 44.3 Å². The molecule has 0 unspecified atom stereocenters. The van der Waals surface area contributed by atoms with Crippen molar-refractivity contribution in [3.05, 3.63) is 54.2 Å². The molecule has 0 spiro atoms. The number of nitrogens with zero attached hydrogens (tertiary/aromatic N) is 3. The molecule has 1 saturated heterocycles. The molecule has 0 atom stereocenters. The third kappa shape index (κ3) is 6.36. The number of carbonyl (C=O) groups excluding carboxylic acids is 2.